The molecule has 0 aromatic carbocycles. The molecule has 1 atom stereocenters. The molecule has 0 amide bonds. The number of aromatic nitrogens is 2. The number of nitrogens with two attached hydrogens (primary N) is 1. The zero-order valence-corrected chi connectivity index (χ0v) is 8.50. The van der Waals surface area contributed by atoms with Gasteiger partial charge in [-0.2, -0.15) is 0 Å². The summed E-state index contributed by atoms with van der Waals surface area (Å²) in [6.45, 7) is 0.593. The molecule has 13 heavy (non-hydrogen) atoms. The Morgan fingerprint density at radius 1 is 1.54 bits per heavy atom. The van der Waals surface area contributed by atoms with Crippen molar-refractivity contribution in [1.29, 1.82) is 0 Å². The SMILES string of the molecule is Cl.Cl.NOCC(O)Cn1ccnc1. The fourth-order valence-corrected chi connectivity index (χ4v) is 0.802. The van der Waals surface area contributed by atoms with E-state index in [0.29, 0.717) is 6.54 Å². The smallest absolute Gasteiger partial charge is 0.0972 e. The Morgan fingerprint density at radius 2 is 2.23 bits per heavy atom. The molecule has 1 aromatic rings. The molecule has 0 bridgehead atoms. The number of hydrogen-bond acceptors (Lipinski definition) is 4. The molecule has 7 heteroatoms. The van der Waals surface area contributed by atoms with Crippen molar-refractivity contribution in [3.05, 3.63) is 18.7 Å². The third-order valence-electron chi connectivity index (χ3n) is 1.27. The summed E-state index contributed by atoms with van der Waals surface area (Å²) < 4.78 is 1.75. The summed E-state index contributed by atoms with van der Waals surface area (Å²) >= 11 is 0. The van der Waals surface area contributed by atoms with E-state index in [1.165, 1.54) is 0 Å². The van der Waals surface area contributed by atoms with E-state index in [-0.39, 0.29) is 31.4 Å². The van der Waals surface area contributed by atoms with Gasteiger partial charge in [0.15, 0.2) is 0 Å². The van der Waals surface area contributed by atoms with Crippen molar-refractivity contribution in [2.24, 2.45) is 5.90 Å². The van der Waals surface area contributed by atoms with E-state index in [1.807, 2.05) is 0 Å². The highest BCUT2D eigenvalue weighted by Gasteiger charge is 2.02. The first-order valence-corrected chi connectivity index (χ1v) is 3.28. The average molecular weight is 230 g/mol. The maximum atomic E-state index is 9.17. The minimum Gasteiger partial charge on any atom is -0.389 e. The highest BCUT2D eigenvalue weighted by Crippen LogP contribution is 1.91. The summed E-state index contributed by atoms with van der Waals surface area (Å²) in [5, 5.41) is 9.17. The van der Waals surface area contributed by atoms with Crippen LogP contribution in [0.2, 0.25) is 0 Å². The van der Waals surface area contributed by atoms with Crippen molar-refractivity contribution in [3.63, 3.8) is 0 Å². The van der Waals surface area contributed by atoms with Gasteiger partial charge < -0.3 is 14.5 Å². The number of halogens is 2. The van der Waals surface area contributed by atoms with Gasteiger partial charge in [0, 0.05) is 12.4 Å². The Hall–Kier alpha value is -0.330. The lowest BCUT2D eigenvalue weighted by atomic mass is 10.4. The van der Waals surface area contributed by atoms with Crippen LogP contribution in [0.3, 0.4) is 0 Å². The Bertz CT molecular complexity index is 196. The van der Waals surface area contributed by atoms with Crippen LogP contribution in [0.5, 0.6) is 0 Å². The Labute approximate surface area is 88.7 Å². The maximum Gasteiger partial charge on any atom is 0.0972 e. The highest BCUT2D eigenvalue weighted by atomic mass is 35.5. The molecule has 3 N–H and O–H groups in total. The van der Waals surface area contributed by atoms with Crippen LogP contribution in [0.4, 0.5) is 0 Å². The summed E-state index contributed by atoms with van der Waals surface area (Å²) in [5.41, 5.74) is 0. The van der Waals surface area contributed by atoms with Gasteiger partial charge in [-0.15, -0.1) is 24.8 Å². The molecule has 0 aliphatic rings. The molecular formula is C6H13Cl2N3O2. The third-order valence-corrected chi connectivity index (χ3v) is 1.27. The standard InChI is InChI=1S/C6H11N3O2.2ClH/c7-11-4-6(10)3-9-2-1-8-5-9;;/h1-2,5-6,10H,3-4,7H2;2*1H. The summed E-state index contributed by atoms with van der Waals surface area (Å²) in [5.74, 6) is 4.77. The maximum absolute atomic E-state index is 9.17. The number of aliphatic hydroxyl groups excluding tert-OH is 1. The lowest BCUT2D eigenvalue weighted by Gasteiger charge is -2.08. The zero-order chi connectivity index (χ0) is 8.10. The second kappa shape index (κ2) is 8.28. The van der Waals surface area contributed by atoms with Gasteiger partial charge in [0.25, 0.3) is 0 Å². The lowest BCUT2D eigenvalue weighted by molar-refractivity contribution is 0.0278. The van der Waals surface area contributed by atoms with E-state index >= 15 is 0 Å². The molecule has 78 valence electrons. The predicted molar refractivity (Wildman–Crippen MR) is 52.9 cm³/mol. The van der Waals surface area contributed by atoms with Crippen LogP contribution in [0, 0.1) is 0 Å². The minimum atomic E-state index is -0.575. The van der Waals surface area contributed by atoms with Crippen molar-refractivity contribution < 1.29 is 9.94 Å². The topological polar surface area (TPSA) is 73.3 Å². The minimum absolute atomic E-state index is 0. The molecule has 0 fully saturated rings. The summed E-state index contributed by atoms with van der Waals surface area (Å²) in [6, 6.07) is 0. The quantitative estimate of drug-likeness (QED) is 0.713. The van der Waals surface area contributed by atoms with Crippen LogP contribution in [0.15, 0.2) is 18.7 Å². The molecule has 1 rings (SSSR count). The monoisotopic (exact) mass is 229 g/mol. The first-order chi connectivity index (χ1) is 5.33. The Kier molecular flexibility index (Phi) is 9.65. The zero-order valence-electron chi connectivity index (χ0n) is 6.87. The van der Waals surface area contributed by atoms with Gasteiger partial charge in [-0.3, -0.25) is 0 Å². The first-order valence-electron chi connectivity index (χ1n) is 3.28. The summed E-state index contributed by atoms with van der Waals surface area (Å²) in [4.78, 5) is 8.08. The first kappa shape index (κ1) is 15.2. The molecule has 1 aromatic heterocycles. The van der Waals surface area contributed by atoms with Gasteiger partial charge in [-0.25, -0.2) is 10.9 Å². The number of aliphatic hydroxyl groups is 1. The average Bonchev–Trinajstić information content (AvgIpc) is 2.40. The molecule has 0 saturated heterocycles. The molecule has 0 spiro atoms. The van der Waals surface area contributed by atoms with E-state index in [2.05, 4.69) is 9.82 Å². The van der Waals surface area contributed by atoms with Crippen LogP contribution in [-0.4, -0.2) is 27.4 Å². The van der Waals surface area contributed by atoms with Crippen molar-refractivity contribution in [2.75, 3.05) is 6.61 Å². The number of hydrogen-bond donors (Lipinski definition) is 2. The molecular weight excluding hydrogens is 217 g/mol. The van der Waals surface area contributed by atoms with Gasteiger partial charge in [-0.05, 0) is 0 Å². The van der Waals surface area contributed by atoms with Crippen molar-refractivity contribution in [1.82, 2.24) is 9.55 Å². The second-order valence-electron chi connectivity index (χ2n) is 2.25. The van der Waals surface area contributed by atoms with Crippen LogP contribution < -0.4 is 5.90 Å². The predicted octanol–water partition coefficient (Wildman–Crippen LogP) is -0.0221. The molecule has 0 radical (unpaired) electrons. The third kappa shape index (κ3) is 5.84. The van der Waals surface area contributed by atoms with E-state index in [1.54, 1.807) is 23.3 Å². The van der Waals surface area contributed by atoms with Crippen molar-refractivity contribution in [2.45, 2.75) is 12.6 Å². The number of rotatable bonds is 4. The van der Waals surface area contributed by atoms with E-state index < -0.39 is 6.10 Å². The molecule has 0 aliphatic heterocycles. The highest BCUT2D eigenvalue weighted by molar-refractivity contribution is 5.85. The second-order valence-corrected chi connectivity index (χ2v) is 2.25. The summed E-state index contributed by atoms with van der Waals surface area (Å²) in [7, 11) is 0. The Balaban J connectivity index is 0. The molecule has 1 heterocycles. The van der Waals surface area contributed by atoms with E-state index in [4.69, 9.17) is 11.0 Å². The largest absolute Gasteiger partial charge is 0.389 e. The van der Waals surface area contributed by atoms with Gasteiger partial charge >= 0.3 is 0 Å². The van der Waals surface area contributed by atoms with Crippen LogP contribution in [0.1, 0.15) is 0 Å². The van der Waals surface area contributed by atoms with Crippen LogP contribution in [-0.2, 0) is 11.4 Å². The molecule has 5 nitrogen and oxygen atoms in total. The van der Waals surface area contributed by atoms with Crippen LogP contribution in [0.25, 0.3) is 0 Å². The van der Waals surface area contributed by atoms with Gasteiger partial charge in [-0.1, -0.05) is 0 Å². The van der Waals surface area contributed by atoms with Crippen molar-refractivity contribution >= 4 is 24.8 Å². The fraction of sp³-hybridized carbons (Fsp3) is 0.500. The summed E-state index contributed by atoms with van der Waals surface area (Å²) in [6.07, 6.45) is 4.46. The fourth-order valence-electron chi connectivity index (χ4n) is 0.802. The van der Waals surface area contributed by atoms with Crippen LogP contribution >= 0.6 is 24.8 Å². The van der Waals surface area contributed by atoms with E-state index in [0.717, 1.165) is 0 Å². The van der Waals surface area contributed by atoms with Gasteiger partial charge in [0.1, 0.15) is 0 Å². The Morgan fingerprint density at radius 3 is 2.69 bits per heavy atom. The number of nitrogens with zero attached hydrogens (tertiary/aromatic N) is 2. The molecule has 0 aliphatic carbocycles. The van der Waals surface area contributed by atoms with Crippen molar-refractivity contribution in [3.8, 4) is 0 Å². The lowest BCUT2D eigenvalue weighted by Crippen LogP contribution is -2.22. The normalized spacial score (nSPS) is 11.2. The van der Waals surface area contributed by atoms with E-state index in [9.17, 15) is 0 Å². The molecule has 1 unspecified atom stereocenters. The molecule has 0 saturated carbocycles. The van der Waals surface area contributed by atoms with Gasteiger partial charge in [0.2, 0.25) is 0 Å². The number of imidazole rings is 1. The van der Waals surface area contributed by atoms with Gasteiger partial charge in [0.05, 0.1) is 25.6 Å².